The number of hydrogen-bond donors (Lipinski definition) is 1. The van der Waals surface area contributed by atoms with Crippen molar-refractivity contribution in [3.63, 3.8) is 0 Å². The number of nitrogens with zero attached hydrogens (tertiary/aromatic N) is 1. The Hall–Kier alpha value is -0.950. The van der Waals surface area contributed by atoms with Gasteiger partial charge in [0.05, 0.1) is 0 Å². The average Bonchev–Trinajstić information content (AvgIpc) is 1.82. The average molecular weight is 142 g/mol. The summed E-state index contributed by atoms with van der Waals surface area (Å²) in [6, 6.07) is 1.67. The van der Waals surface area contributed by atoms with Crippen molar-refractivity contribution in [3.8, 4) is 6.07 Å². The lowest BCUT2D eigenvalue weighted by atomic mass is 10.3. The Bertz CT molecular complexity index is 180. The van der Waals surface area contributed by atoms with Crippen molar-refractivity contribution >= 4 is 17.7 Å². The van der Waals surface area contributed by atoms with Gasteiger partial charge in [-0.2, -0.15) is 5.26 Å². The van der Waals surface area contributed by atoms with Crippen LogP contribution in [-0.2, 0) is 4.79 Å². The molecule has 0 spiro atoms. The molecule has 0 atom stereocenters. The largest absolute Gasteiger partial charge is 0.365 e. The number of carbonyl (C=O) groups is 1. The molecule has 3 nitrogen and oxygen atoms in total. The van der Waals surface area contributed by atoms with Crippen LogP contribution in [-0.4, -0.2) is 12.2 Å². The topological polar surface area (TPSA) is 66.9 Å². The van der Waals surface area contributed by atoms with Crippen molar-refractivity contribution in [2.75, 3.05) is 6.26 Å². The van der Waals surface area contributed by atoms with Crippen molar-refractivity contribution in [2.45, 2.75) is 0 Å². The van der Waals surface area contributed by atoms with Crippen molar-refractivity contribution < 1.29 is 4.79 Å². The van der Waals surface area contributed by atoms with Crippen molar-refractivity contribution in [2.24, 2.45) is 5.73 Å². The van der Waals surface area contributed by atoms with Gasteiger partial charge < -0.3 is 5.73 Å². The fraction of sp³-hybridized carbons (Fsp3) is 0.200. The van der Waals surface area contributed by atoms with Gasteiger partial charge in [0.2, 0.25) is 0 Å². The third-order valence-electron chi connectivity index (χ3n) is 0.622. The van der Waals surface area contributed by atoms with E-state index in [1.807, 2.05) is 0 Å². The Morgan fingerprint density at radius 2 is 2.44 bits per heavy atom. The van der Waals surface area contributed by atoms with E-state index in [0.717, 1.165) is 0 Å². The maximum absolute atomic E-state index is 10.2. The molecule has 0 unspecified atom stereocenters. The molecule has 0 saturated heterocycles. The standard InChI is InChI=1S/C5H6N2OS/c1-9-3-4(2-6)5(7)8/h3H,1H3,(H2,7,8). The van der Waals surface area contributed by atoms with Crippen LogP contribution in [0.1, 0.15) is 0 Å². The summed E-state index contributed by atoms with van der Waals surface area (Å²) in [5.41, 5.74) is 4.79. The molecule has 0 saturated carbocycles. The Kier molecular flexibility index (Phi) is 3.56. The van der Waals surface area contributed by atoms with E-state index in [9.17, 15) is 4.79 Å². The summed E-state index contributed by atoms with van der Waals surface area (Å²) in [6.45, 7) is 0. The third-order valence-corrected chi connectivity index (χ3v) is 1.09. The number of rotatable bonds is 2. The fourth-order valence-corrected chi connectivity index (χ4v) is 0.662. The maximum atomic E-state index is 10.2. The molecular weight excluding hydrogens is 136 g/mol. The smallest absolute Gasteiger partial charge is 0.259 e. The second-order valence-electron chi connectivity index (χ2n) is 1.24. The molecule has 48 valence electrons. The Labute approximate surface area is 57.5 Å². The van der Waals surface area contributed by atoms with Gasteiger partial charge in [0.25, 0.3) is 5.91 Å². The van der Waals surface area contributed by atoms with Crippen LogP contribution in [0.2, 0.25) is 0 Å². The molecule has 0 aromatic heterocycles. The second-order valence-corrected chi connectivity index (χ2v) is 1.95. The molecule has 9 heavy (non-hydrogen) atoms. The van der Waals surface area contributed by atoms with Crippen LogP contribution < -0.4 is 5.73 Å². The fourth-order valence-electron chi connectivity index (χ4n) is 0.257. The first-order valence-corrected chi connectivity index (χ1v) is 3.44. The number of thioether (sulfide) groups is 1. The van der Waals surface area contributed by atoms with Gasteiger partial charge in [-0.1, -0.05) is 0 Å². The minimum absolute atomic E-state index is 0.00231. The molecule has 0 fully saturated rings. The highest BCUT2D eigenvalue weighted by Gasteiger charge is 1.99. The molecule has 0 aliphatic heterocycles. The number of primary amides is 1. The first kappa shape index (κ1) is 8.05. The van der Waals surface area contributed by atoms with Crippen LogP contribution in [0, 0.1) is 11.3 Å². The highest BCUT2D eigenvalue weighted by atomic mass is 32.2. The van der Waals surface area contributed by atoms with E-state index >= 15 is 0 Å². The van der Waals surface area contributed by atoms with Gasteiger partial charge in [-0.05, 0) is 11.7 Å². The van der Waals surface area contributed by atoms with Gasteiger partial charge in [-0.25, -0.2) is 0 Å². The van der Waals surface area contributed by atoms with Crippen LogP contribution in [0.3, 0.4) is 0 Å². The lowest BCUT2D eigenvalue weighted by molar-refractivity contribution is -0.114. The van der Waals surface area contributed by atoms with Crippen LogP contribution in [0.25, 0.3) is 0 Å². The molecule has 0 bridgehead atoms. The minimum Gasteiger partial charge on any atom is -0.365 e. The van der Waals surface area contributed by atoms with E-state index in [1.165, 1.54) is 17.2 Å². The normalized spacial score (nSPS) is 10.4. The SMILES string of the molecule is CSC=C(C#N)C(N)=O. The molecule has 0 aliphatic rings. The molecule has 0 aromatic carbocycles. The predicted molar refractivity (Wildman–Crippen MR) is 36.4 cm³/mol. The summed E-state index contributed by atoms with van der Waals surface area (Å²) in [5, 5.41) is 9.61. The lowest BCUT2D eigenvalue weighted by Crippen LogP contribution is -2.12. The Balaban J connectivity index is 4.20. The van der Waals surface area contributed by atoms with E-state index in [2.05, 4.69) is 0 Å². The molecule has 2 N–H and O–H groups in total. The Morgan fingerprint density at radius 1 is 1.89 bits per heavy atom. The van der Waals surface area contributed by atoms with Crippen LogP contribution in [0.4, 0.5) is 0 Å². The van der Waals surface area contributed by atoms with Gasteiger partial charge in [-0.3, -0.25) is 4.79 Å². The minimum atomic E-state index is -0.674. The van der Waals surface area contributed by atoms with E-state index in [-0.39, 0.29) is 5.57 Å². The zero-order chi connectivity index (χ0) is 7.28. The van der Waals surface area contributed by atoms with Gasteiger partial charge in [0.15, 0.2) is 0 Å². The summed E-state index contributed by atoms with van der Waals surface area (Å²) in [5.74, 6) is -0.674. The molecule has 4 heteroatoms. The van der Waals surface area contributed by atoms with Crippen molar-refractivity contribution in [1.82, 2.24) is 0 Å². The van der Waals surface area contributed by atoms with E-state index in [0.29, 0.717) is 0 Å². The number of nitrogens with two attached hydrogens (primary N) is 1. The zero-order valence-corrected chi connectivity index (χ0v) is 5.73. The molecule has 0 aliphatic carbocycles. The van der Waals surface area contributed by atoms with E-state index in [4.69, 9.17) is 11.0 Å². The number of amides is 1. The van der Waals surface area contributed by atoms with E-state index < -0.39 is 5.91 Å². The first-order valence-electron chi connectivity index (χ1n) is 2.15. The Morgan fingerprint density at radius 3 is 2.56 bits per heavy atom. The number of hydrogen-bond acceptors (Lipinski definition) is 3. The maximum Gasteiger partial charge on any atom is 0.259 e. The molecule has 0 rings (SSSR count). The first-order chi connectivity index (χ1) is 4.22. The third kappa shape index (κ3) is 2.77. The second kappa shape index (κ2) is 3.98. The van der Waals surface area contributed by atoms with E-state index in [1.54, 1.807) is 12.3 Å². The summed E-state index contributed by atoms with van der Waals surface area (Å²) in [7, 11) is 0. The summed E-state index contributed by atoms with van der Waals surface area (Å²) >= 11 is 1.28. The van der Waals surface area contributed by atoms with Gasteiger partial charge in [0, 0.05) is 0 Å². The summed E-state index contributed by atoms with van der Waals surface area (Å²) in [6.07, 6.45) is 1.75. The predicted octanol–water partition coefficient (Wildman–Crippen LogP) is 0.242. The summed E-state index contributed by atoms with van der Waals surface area (Å²) in [4.78, 5) is 10.2. The highest BCUT2D eigenvalue weighted by Crippen LogP contribution is 2.00. The van der Waals surface area contributed by atoms with Crippen LogP contribution in [0.15, 0.2) is 11.0 Å². The molecule has 0 aromatic rings. The van der Waals surface area contributed by atoms with Crippen LogP contribution >= 0.6 is 11.8 Å². The van der Waals surface area contributed by atoms with Gasteiger partial charge >= 0.3 is 0 Å². The highest BCUT2D eigenvalue weighted by molar-refractivity contribution is 8.01. The van der Waals surface area contributed by atoms with Crippen LogP contribution in [0.5, 0.6) is 0 Å². The van der Waals surface area contributed by atoms with Crippen molar-refractivity contribution in [1.29, 1.82) is 5.26 Å². The quantitative estimate of drug-likeness (QED) is 0.443. The number of nitriles is 1. The van der Waals surface area contributed by atoms with Gasteiger partial charge in [0.1, 0.15) is 11.6 Å². The lowest BCUT2D eigenvalue weighted by Gasteiger charge is -1.85. The zero-order valence-electron chi connectivity index (χ0n) is 4.92. The monoisotopic (exact) mass is 142 g/mol. The molecule has 0 radical (unpaired) electrons. The summed E-state index contributed by atoms with van der Waals surface area (Å²) < 4.78 is 0. The van der Waals surface area contributed by atoms with Crippen molar-refractivity contribution in [3.05, 3.63) is 11.0 Å². The molecule has 0 heterocycles. The van der Waals surface area contributed by atoms with Gasteiger partial charge in [-0.15, -0.1) is 11.8 Å². The molecule has 1 amide bonds. The molecular formula is C5H6N2OS. The number of carbonyl (C=O) groups excluding carboxylic acids is 1.